The van der Waals surface area contributed by atoms with Gasteiger partial charge in [0, 0.05) is 25.8 Å². The van der Waals surface area contributed by atoms with Gasteiger partial charge in [0.05, 0.1) is 18.9 Å². The molecule has 0 aliphatic heterocycles. The third kappa shape index (κ3) is 6.27. The van der Waals surface area contributed by atoms with Gasteiger partial charge in [0.1, 0.15) is 10.8 Å². The Balaban J connectivity index is 2.20. The molecule has 0 heterocycles. The lowest BCUT2D eigenvalue weighted by atomic mass is 10.2. The lowest BCUT2D eigenvalue weighted by molar-refractivity contribution is 0.0691. The number of unbranched alkanes of at least 4 members (excludes halogenated alkanes) is 1. The van der Waals surface area contributed by atoms with Crippen molar-refractivity contribution in [3.8, 4) is 0 Å². The second-order valence-electron chi connectivity index (χ2n) is 4.30. The summed E-state index contributed by atoms with van der Waals surface area (Å²) in [6.45, 7) is 2.60. The molecule has 0 unspecified atom stereocenters. The van der Waals surface area contributed by atoms with E-state index in [-0.39, 0.29) is 10.8 Å². The molecule has 0 fully saturated rings. The quantitative estimate of drug-likeness (QED) is 0.513. The van der Waals surface area contributed by atoms with Crippen molar-refractivity contribution in [1.82, 2.24) is 0 Å². The van der Waals surface area contributed by atoms with Gasteiger partial charge in [0.2, 0.25) is 0 Å². The molecule has 0 saturated carbocycles. The first-order valence-corrected chi connectivity index (χ1v) is 6.96. The number of benzene rings is 1. The molecule has 0 aromatic heterocycles. The number of anilines is 1. The Morgan fingerprint density at radius 1 is 1.30 bits per heavy atom. The predicted octanol–water partition coefficient (Wildman–Crippen LogP) is 2.32. The summed E-state index contributed by atoms with van der Waals surface area (Å²) in [5.74, 6) is -0.341. The summed E-state index contributed by atoms with van der Waals surface area (Å²) in [6, 6.07) is 4.71. The SMILES string of the molecule is COCCOCCCCNc1ccc(C(N)=S)cc1F. The molecule has 0 radical (unpaired) electrons. The number of nitrogens with two attached hydrogens (primary N) is 1. The minimum Gasteiger partial charge on any atom is -0.389 e. The van der Waals surface area contributed by atoms with Crippen LogP contribution < -0.4 is 11.1 Å². The molecule has 112 valence electrons. The molecule has 0 aliphatic rings. The third-order valence-electron chi connectivity index (χ3n) is 2.72. The minimum absolute atomic E-state index is 0.198. The minimum atomic E-state index is -0.341. The highest BCUT2D eigenvalue weighted by Crippen LogP contribution is 2.15. The Labute approximate surface area is 124 Å². The first-order valence-electron chi connectivity index (χ1n) is 6.55. The second kappa shape index (κ2) is 9.63. The third-order valence-corrected chi connectivity index (χ3v) is 2.95. The molecular formula is C14H21FN2O2S. The van der Waals surface area contributed by atoms with Crippen molar-refractivity contribution >= 4 is 22.9 Å². The van der Waals surface area contributed by atoms with Gasteiger partial charge in [-0.25, -0.2) is 4.39 Å². The van der Waals surface area contributed by atoms with E-state index in [0.29, 0.717) is 37.6 Å². The monoisotopic (exact) mass is 300 g/mol. The van der Waals surface area contributed by atoms with Gasteiger partial charge in [0.25, 0.3) is 0 Å². The fraction of sp³-hybridized carbons (Fsp3) is 0.500. The van der Waals surface area contributed by atoms with E-state index in [1.54, 1.807) is 19.2 Å². The van der Waals surface area contributed by atoms with Crippen molar-refractivity contribution in [2.45, 2.75) is 12.8 Å². The predicted molar refractivity (Wildman–Crippen MR) is 82.7 cm³/mol. The highest BCUT2D eigenvalue weighted by atomic mass is 32.1. The fourth-order valence-electron chi connectivity index (χ4n) is 1.61. The summed E-state index contributed by atoms with van der Waals surface area (Å²) in [6.07, 6.45) is 1.83. The molecule has 0 spiro atoms. The van der Waals surface area contributed by atoms with Crippen LogP contribution >= 0.6 is 12.2 Å². The maximum Gasteiger partial charge on any atom is 0.146 e. The van der Waals surface area contributed by atoms with Crippen molar-refractivity contribution in [2.24, 2.45) is 5.73 Å². The van der Waals surface area contributed by atoms with E-state index in [1.165, 1.54) is 6.07 Å². The Morgan fingerprint density at radius 2 is 2.10 bits per heavy atom. The molecule has 3 N–H and O–H groups in total. The molecule has 4 nitrogen and oxygen atoms in total. The molecule has 1 aromatic rings. The largest absolute Gasteiger partial charge is 0.389 e. The number of thiocarbonyl (C=S) groups is 1. The van der Waals surface area contributed by atoms with E-state index in [1.807, 2.05) is 0 Å². The molecule has 0 bridgehead atoms. The van der Waals surface area contributed by atoms with Gasteiger partial charge in [-0.1, -0.05) is 12.2 Å². The smallest absolute Gasteiger partial charge is 0.146 e. The van der Waals surface area contributed by atoms with Crippen LogP contribution in [0.2, 0.25) is 0 Å². The van der Waals surface area contributed by atoms with E-state index < -0.39 is 0 Å². The maximum atomic E-state index is 13.7. The second-order valence-corrected chi connectivity index (χ2v) is 4.74. The number of hydrogen-bond donors (Lipinski definition) is 2. The van der Waals surface area contributed by atoms with E-state index in [4.69, 9.17) is 27.4 Å². The van der Waals surface area contributed by atoms with Crippen LogP contribution in [0.3, 0.4) is 0 Å². The maximum absolute atomic E-state index is 13.7. The van der Waals surface area contributed by atoms with Gasteiger partial charge in [-0.3, -0.25) is 0 Å². The van der Waals surface area contributed by atoms with Crippen molar-refractivity contribution in [3.05, 3.63) is 29.6 Å². The number of rotatable bonds is 10. The molecule has 0 aliphatic carbocycles. The van der Waals surface area contributed by atoms with Gasteiger partial charge in [-0.05, 0) is 31.0 Å². The first-order chi connectivity index (χ1) is 9.65. The molecule has 0 saturated heterocycles. The van der Waals surface area contributed by atoms with Crippen LogP contribution in [0.4, 0.5) is 10.1 Å². The zero-order valence-electron chi connectivity index (χ0n) is 11.7. The molecule has 20 heavy (non-hydrogen) atoms. The van der Waals surface area contributed by atoms with Gasteiger partial charge in [0.15, 0.2) is 0 Å². The average molecular weight is 300 g/mol. The van der Waals surface area contributed by atoms with Crippen molar-refractivity contribution < 1.29 is 13.9 Å². The van der Waals surface area contributed by atoms with Crippen LogP contribution in [-0.2, 0) is 9.47 Å². The molecule has 0 atom stereocenters. The molecule has 1 aromatic carbocycles. The van der Waals surface area contributed by atoms with Crippen molar-refractivity contribution in [2.75, 3.05) is 38.8 Å². The van der Waals surface area contributed by atoms with E-state index in [2.05, 4.69) is 5.32 Å². The lowest BCUT2D eigenvalue weighted by Crippen LogP contribution is -2.11. The van der Waals surface area contributed by atoms with E-state index >= 15 is 0 Å². The normalized spacial score (nSPS) is 10.5. The van der Waals surface area contributed by atoms with E-state index in [9.17, 15) is 4.39 Å². The zero-order valence-corrected chi connectivity index (χ0v) is 12.5. The van der Waals surface area contributed by atoms with Crippen LogP contribution in [0.1, 0.15) is 18.4 Å². The van der Waals surface area contributed by atoms with Gasteiger partial charge in [-0.15, -0.1) is 0 Å². The summed E-state index contributed by atoms with van der Waals surface area (Å²) >= 11 is 4.80. The molecule has 0 amide bonds. The number of methoxy groups -OCH3 is 1. The summed E-state index contributed by atoms with van der Waals surface area (Å²) < 4.78 is 23.9. The number of hydrogen-bond acceptors (Lipinski definition) is 4. The van der Waals surface area contributed by atoms with Crippen molar-refractivity contribution in [1.29, 1.82) is 0 Å². The average Bonchev–Trinajstić information content (AvgIpc) is 2.43. The Hall–Kier alpha value is -1.24. The summed E-state index contributed by atoms with van der Waals surface area (Å²) in [5.41, 5.74) is 6.44. The topological polar surface area (TPSA) is 56.5 Å². The summed E-state index contributed by atoms with van der Waals surface area (Å²) in [4.78, 5) is 0.198. The van der Waals surface area contributed by atoms with Crippen LogP contribution in [0.5, 0.6) is 0 Å². The molecule has 6 heteroatoms. The van der Waals surface area contributed by atoms with Gasteiger partial charge in [-0.2, -0.15) is 0 Å². The van der Waals surface area contributed by atoms with Gasteiger partial charge >= 0.3 is 0 Å². The standard InChI is InChI=1S/C14H21FN2O2S/c1-18-8-9-19-7-3-2-6-17-13-5-4-11(14(16)20)10-12(13)15/h4-5,10,17H,2-3,6-9H2,1H3,(H2,16,20). The molecular weight excluding hydrogens is 279 g/mol. The zero-order chi connectivity index (χ0) is 14.8. The summed E-state index contributed by atoms with van der Waals surface area (Å²) in [5, 5.41) is 3.04. The highest BCUT2D eigenvalue weighted by molar-refractivity contribution is 7.80. The summed E-state index contributed by atoms with van der Waals surface area (Å²) in [7, 11) is 1.64. The Bertz CT molecular complexity index is 430. The fourth-order valence-corrected chi connectivity index (χ4v) is 1.74. The molecule has 1 rings (SSSR count). The number of halogens is 1. The Kier molecular flexibility index (Phi) is 8.10. The Morgan fingerprint density at radius 3 is 2.75 bits per heavy atom. The van der Waals surface area contributed by atoms with Crippen molar-refractivity contribution in [3.63, 3.8) is 0 Å². The highest BCUT2D eigenvalue weighted by Gasteiger charge is 2.04. The van der Waals surface area contributed by atoms with E-state index in [0.717, 1.165) is 12.8 Å². The number of nitrogens with one attached hydrogen (secondary N) is 1. The van der Waals surface area contributed by atoms with Crippen LogP contribution in [0.25, 0.3) is 0 Å². The van der Waals surface area contributed by atoms with Gasteiger partial charge < -0.3 is 20.5 Å². The van der Waals surface area contributed by atoms with Crippen LogP contribution in [0.15, 0.2) is 18.2 Å². The first kappa shape index (κ1) is 16.8. The van der Waals surface area contributed by atoms with Crippen LogP contribution in [-0.4, -0.2) is 38.5 Å². The van der Waals surface area contributed by atoms with Crippen LogP contribution in [0, 0.1) is 5.82 Å². The lowest BCUT2D eigenvalue weighted by Gasteiger charge is -2.09. The number of ether oxygens (including phenoxy) is 2.